The molecule has 2 saturated heterocycles. The molecule has 2 aromatic carbocycles. The van der Waals surface area contributed by atoms with Crippen molar-refractivity contribution in [3.63, 3.8) is 0 Å². The van der Waals surface area contributed by atoms with Gasteiger partial charge in [-0.15, -0.1) is 0 Å². The van der Waals surface area contributed by atoms with Gasteiger partial charge < -0.3 is 24.3 Å². The van der Waals surface area contributed by atoms with Crippen molar-refractivity contribution in [2.75, 3.05) is 31.7 Å². The van der Waals surface area contributed by atoms with E-state index in [1.165, 1.54) is 5.56 Å². The van der Waals surface area contributed by atoms with Crippen molar-refractivity contribution in [3.05, 3.63) is 54.1 Å². The van der Waals surface area contributed by atoms with E-state index in [4.69, 9.17) is 18.9 Å². The number of anilines is 1. The molecule has 2 heterocycles. The van der Waals surface area contributed by atoms with Crippen LogP contribution in [0.4, 0.5) is 5.69 Å². The summed E-state index contributed by atoms with van der Waals surface area (Å²) in [6.07, 6.45) is 4.90. The zero-order valence-electron chi connectivity index (χ0n) is 16.3. The van der Waals surface area contributed by atoms with Gasteiger partial charge in [-0.2, -0.15) is 0 Å². The first-order chi connectivity index (χ1) is 13.9. The smallest absolute Gasteiger partial charge is 0.142 e. The summed E-state index contributed by atoms with van der Waals surface area (Å²) in [4.78, 5) is 0. The van der Waals surface area contributed by atoms with Crippen molar-refractivity contribution < 1.29 is 18.9 Å². The first-order valence-electron chi connectivity index (χ1n) is 10.3. The van der Waals surface area contributed by atoms with Gasteiger partial charge in [-0.1, -0.05) is 24.3 Å². The Morgan fingerprint density at radius 3 is 2.18 bits per heavy atom. The molecular weight excluding hydrogens is 354 g/mol. The molecule has 2 atom stereocenters. The highest BCUT2D eigenvalue weighted by Crippen LogP contribution is 2.26. The lowest BCUT2D eigenvalue weighted by molar-refractivity contribution is 0.0679. The van der Waals surface area contributed by atoms with Gasteiger partial charge in [-0.3, -0.25) is 0 Å². The number of hydrogen-bond donors (Lipinski definition) is 1. The van der Waals surface area contributed by atoms with Gasteiger partial charge in [0.25, 0.3) is 0 Å². The summed E-state index contributed by atoms with van der Waals surface area (Å²) in [5, 5.41) is 3.47. The third-order valence-electron chi connectivity index (χ3n) is 5.20. The lowest BCUT2D eigenvalue weighted by atomic mass is 10.2. The molecule has 28 heavy (non-hydrogen) atoms. The van der Waals surface area contributed by atoms with Gasteiger partial charge >= 0.3 is 0 Å². The maximum atomic E-state index is 5.99. The second kappa shape index (κ2) is 9.80. The topological polar surface area (TPSA) is 49.0 Å². The van der Waals surface area contributed by atoms with Crippen LogP contribution in [0, 0.1) is 0 Å². The van der Waals surface area contributed by atoms with Gasteiger partial charge in [-0.25, -0.2) is 0 Å². The van der Waals surface area contributed by atoms with Crippen molar-refractivity contribution in [1.29, 1.82) is 0 Å². The predicted octanol–water partition coefficient (Wildman–Crippen LogP) is 4.41. The van der Waals surface area contributed by atoms with E-state index in [2.05, 4.69) is 17.4 Å². The molecule has 2 fully saturated rings. The van der Waals surface area contributed by atoms with E-state index in [9.17, 15) is 0 Å². The normalized spacial score (nSPS) is 21.6. The zero-order valence-corrected chi connectivity index (χ0v) is 16.3. The van der Waals surface area contributed by atoms with E-state index in [0.717, 1.165) is 62.6 Å². The predicted molar refractivity (Wildman–Crippen MR) is 109 cm³/mol. The molecule has 4 rings (SSSR count). The summed E-state index contributed by atoms with van der Waals surface area (Å²) >= 11 is 0. The summed E-state index contributed by atoms with van der Waals surface area (Å²) < 4.78 is 23.1. The molecule has 0 radical (unpaired) electrons. The second-order valence-corrected chi connectivity index (χ2v) is 7.39. The highest BCUT2D eigenvalue weighted by molar-refractivity contribution is 5.56. The van der Waals surface area contributed by atoms with Crippen LogP contribution < -0.4 is 14.8 Å². The number of para-hydroxylation sites is 2. The molecule has 0 saturated carbocycles. The van der Waals surface area contributed by atoms with E-state index in [1.54, 1.807) is 0 Å². The molecule has 2 aliphatic rings. The van der Waals surface area contributed by atoms with Crippen LogP contribution in [0.3, 0.4) is 0 Å². The van der Waals surface area contributed by atoms with Gasteiger partial charge in [0.05, 0.1) is 17.9 Å². The van der Waals surface area contributed by atoms with Crippen molar-refractivity contribution >= 4 is 5.69 Å². The molecule has 0 amide bonds. The molecule has 5 nitrogen and oxygen atoms in total. The van der Waals surface area contributed by atoms with E-state index < -0.39 is 0 Å². The van der Waals surface area contributed by atoms with Crippen LogP contribution in [0.15, 0.2) is 48.5 Å². The summed E-state index contributed by atoms with van der Waals surface area (Å²) in [5.74, 6) is 1.76. The maximum Gasteiger partial charge on any atom is 0.142 e. The largest absolute Gasteiger partial charge is 0.491 e. The Balaban J connectivity index is 1.26. The van der Waals surface area contributed by atoms with Crippen LogP contribution in [-0.4, -0.2) is 38.6 Å². The fourth-order valence-corrected chi connectivity index (χ4v) is 3.56. The number of nitrogens with one attached hydrogen (secondary N) is 1. The van der Waals surface area contributed by atoms with Gasteiger partial charge in [0.15, 0.2) is 0 Å². The molecule has 0 bridgehead atoms. The van der Waals surface area contributed by atoms with E-state index in [-0.39, 0.29) is 12.2 Å². The number of hydrogen-bond acceptors (Lipinski definition) is 5. The fraction of sp³-hybridized carbons (Fsp3) is 0.478. The SMILES string of the molecule is c1ccc(OCC2CCCO2)c(NCc2ccc(OCC3CCCO3)cc2)c1. The van der Waals surface area contributed by atoms with Crippen molar-refractivity contribution in [2.45, 2.75) is 44.4 Å². The third-order valence-corrected chi connectivity index (χ3v) is 5.20. The van der Waals surface area contributed by atoms with Crippen LogP contribution in [0.1, 0.15) is 31.2 Å². The number of rotatable bonds is 9. The van der Waals surface area contributed by atoms with E-state index >= 15 is 0 Å². The molecule has 0 aromatic heterocycles. The number of ether oxygens (including phenoxy) is 4. The Hall–Kier alpha value is -2.24. The number of benzene rings is 2. The third kappa shape index (κ3) is 5.40. The first kappa shape index (κ1) is 19.1. The molecule has 2 aliphatic heterocycles. The monoisotopic (exact) mass is 383 g/mol. The average molecular weight is 383 g/mol. The van der Waals surface area contributed by atoms with Gasteiger partial charge in [0.1, 0.15) is 24.7 Å². The van der Waals surface area contributed by atoms with Gasteiger partial charge in [-0.05, 0) is 55.5 Å². The minimum absolute atomic E-state index is 0.218. The lowest BCUT2D eigenvalue weighted by Gasteiger charge is -2.16. The minimum atomic E-state index is 0.218. The molecule has 0 aliphatic carbocycles. The van der Waals surface area contributed by atoms with Crippen LogP contribution >= 0.6 is 0 Å². The summed E-state index contributed by atoms with van der Waals surface area (Å²) in [6.45, 7) is 3.67. The standard InChI is InChI=1S/C23H29NO4/c1-2-8-23(28-17-21-6-4-14-26-21)22(7-1)24-15-18-9-11-19(12-10-18)27-16-20-5-3-13-25-20/h1-2,7-12,20-21,24H,3-6,13-17H2. The lowest BCUT2D eigenvalue weighted by Crippen LogP contribution is -2.17. The van der Waals surface area contributed by atoms with Gasteiger partial charge in [0, 0.05) is 19.8 Å². The minimum Gasteiger partial charge on any atom is -0.491 e. The molecule has 1 N–H and O–H groups in total. The van der Waals surface area contributed by atoms with Crippen LogP contribution in [0.2, 0.25) is 0 Å². The van der Waals surface area contributed by atoms with Crippen molar-refractivity contribution in [3.8, 4) is 11.5 Å². The quantitative estimate of drug-likeness (QED) is 0.695. The molecular formula is C23H29NO4. The van der Waals surface area contributed by atoms with Crippen molar-refractivity contribution in [1.82, 2.24) is 0 Å². The average Bonchev–Trinajstić information content (AvgIpc) is 3.44. The van der Waals surface area contributed by atoms with E-state index in [1.807, 2.05) is 36.4 Å². The van der Waals surface area contributed by atoms with Crippen LogP contribution in [0.5, 0.6) is 11.5 Å². The highest BCUT2D eigenvalue weighted by atomic mass is 16.5. The van der Waals surface area contributed by atoms with E-state index in [0.29, 0.717) is 13.2 Å². The Kier molecular flexibility index (Phi) is 6.68. The van der Waals surface area contributed by atoms with Gasteiger partial charge in [0.2, 0.25) is 0 Å². The summed E-state index contributed by atoms with van der Waals surface area (Å²) in [6, 6.07) is 16.3. The molecule has 0 spiro atoms. The van der Waals surface area contributed by atoms with Crippen LogP contribution in [0.25, 0.3) is 0 Å². The second-order valence-electron chi connectivity index (χ2n) is 7.39. The van der Waals surface area contributed by atoms with Crippen LogP contribution in [-0.2, 0) is 16.0 Å². The molecule has 2 aromatic rings. The summed E-state index contributed by atoms with van der Waals surface area (Å²) in [5.41, 5.74) is 2.19. The first-order valence-corrected chi connectivity index (χ1v) is 10.3. The molecule has 2 unspecified atom stereocenters. The Morgan fingerprint density at radius 1 is 0.821 bits per heavy atom. The summed E-state index contributed by atoms with van der Waals surface area (Å²) in [7, 11) is 0. The Morgan fingerprint density at radius 2 is 1.50 bits per heavy atom. The maximum absolute atomic E-state index is 5.99. The fourth-order valence-electron chi connectivity index (χ4n) is 3.56. The Bertz CT molecular complexity index is 722. The zero-order chi connectivity index (χ0) is 19.0. The van der Waals surface area contributed by atoms with Crippen molar-refractivity contribution in [2.24, 2.45) is 0 Å². The highest BCUT2D eigenvalue weighted by Gasteiger charge is 2.17. The Labute approximate surface area is 166 Å². The molecule has 150 valence electrons. The molecule has 5 heteroatoms.